The third kappa shape index (κ3) is 2.47. The molecule has 0 aromatic rings. The van der Waals surface area contributed by atoms with Gasteiger partial charge < -0.3 is 14.2 Å². The van der Waals surface area contributed by atoms with E-state index in [1.807, 2.05) is 0 Å². The number of esters is 2. The van der Waals surface area contributed by atoms with Gasteiger partial charge in [-0.3, -0.25) is 14.9 Å². The minimum atomic E-state index is -1.61. The Balaban J connectivity index is 2.83. The van der Waals surface area contributed by atoms with E-state index in [1.54, 1.807) is 0 Å². The lowest BCUT2D eigenvalue weighted by atomic mass is 10.3. The zero-order valence-electron chi connectivity index (χ0n) is 8.54. The fourth-order valence-electron chi connectivity index (χ4n) is 1.13. The Morgan fingerprint density at radius 3 is 2.62 bits per heavy atom. The lowest BCUT2D eigenvalue weighted by Crippen LogP contribution is -2.33. The summed E-state index contributed by atoms with van der Waals surface area (Å²) in [5.41, 5.74) is 0. The highest BCUT2D eigenvalue weighted by molar-refractivity contribution is 5.86. The second-order valence-electron chi connectivity index (χ2n) is 2.89. The smallest absolute Gasteiger partial charge is 0.395 e. The Morgan fingerprint density at radius 2 is 2.19 bits per heavy atom. The van der Waals surface area contributed by atoms with Crippen LogP contribution in [0.2, 0.25) is 0 Å². The Bertz CT molecular complexity index is 361. The molecule has 1 rings (SSSR count). The van der Waals surface area contributed by atoms with Gasteiger partial charge in [-0.05, 0) is 0 Å². The fraction of sp³-hybridized carbons (Fsp3) is 0.500. The number of nitrogens with zero attached hydrogens (tertiary/aromatic N) is 1. The molecule has 0 saturated heterocycles. The van der Waals surface area contributed by atoms with Gasteiger partial charge in [0.05, 0.1) is 12.0 Å². The molecule has 0 fully saturated rings. The Kier molecular flexibility index (Phi) is 3.44. The van der Waals surface area contributed by atoms with Gasteiger partial charge in [0.2, 0.25) is 11.9 Å². The minimum absolute atomic E-state index is 0.338. The first-order valence-corrected chi connectivity index (χ1v) is 4.23. The molecule has 1 aliphatic heterocycles. The second-order valence-corrected chi connectivity index (χ2v) is 2.89. The topological polar surface area (TPSA) is 105 Å². The van der Waals surface area contributed by atoms with E-state index in [9.17, 15) is 19.7 Å². The van der Waals surface area contributed by atoms with Gasteiger partial charge in [0.15, 0.2) is 0 Å². The van der Waals surface area contributed by atoms with Gasteiger partial charge in [-0.2, -0.15) is 0 Å². The molecule has 8 nitrogen and oxygen atoms in total. The van der Waals surface area contributed by atoms with Crippen LogP contribution in [0.5, 0.6) is 0 Å². The van der Waals surface area contributed by atoms with Gasteiger partial charge >= 0.3 is 18.2 Å². The number of hydrogen-bond acceptors (Lipinski definition) is 7. The van der Waals surface area contributed by atoms with Gasteiger partial charge in [-0.15, -0.1) is 0 Å². The summed E-state index contributed by atoms with van der Waals surface area (Å²) in [6.07, 6.45) is -1.79. The summed E-state index contributed by atoms with van der Waals surface area (Å²) >= 11 is 0. The third-order valence-electron chi connectivity index (χ3n) is 1.74. The van der Waals surface area contributed by atoms with E-state index in [1.165, 1.54) is 0 Å². The van der Waals surface area contributed by atoms with Gasteiger partial charge in [0.1, 0.15) is 0 Å². The van der Waals surface area contributed by atoms with Crippen molar-refractivity contribution in [1.29, 1.82) is 0 Å². The molecule has 2 unspecified atom stereocenters. The van der Waals surface area contributed by atoms with E-state index < -0.39 is 29.2 Å². The van der Waals surface area contributed by atoms with Crippen LogP contribution in [-0.2, 0) is 23.8 Å². The second kappa shape index (κ2) is 4.60. The highest BCUT2D eigenvalue weighted by atomic mass is 16.7. The number of ether oxygens (including phenoxy) is 3. The first kappa shape index (κ1) is 12.0. The third-order valence-corrected chi connectivity index (χ3v) is 1.74. The van der Waals surface area contributed by atoms with Crippen molar-refractivity contribution < 1.29 is 28.7 Å². The molecule has 16 heavy (non-hydrogen) atoms. The molecule has 0 N–H and O–H groups in total. The number of hydrogen-bond donors (Lipinski definition) is 0. The molecular weight excluding hydrogens is 222 g/mol. The zero-order valence-corrected chi connectivity index (χ0v) is 8.54. The zero-order chi connectivity index (χ0) is 12.3. The molecule has 0 radical (unpaired) electrons. The molecule has 0 aromatic heterocycles. The van der Waals surface area contributed by atoms with Gasteiger partial charge in [0.25, 0.3) is 0 Å². The van der Waals surface area contributed by atoms with Crippen molar-refractivity contribution in [2.75, 3.05) is 7.11 Å². The summed E-state index contributed by atoms with van der Waals surface area (Å²) in [4.78, 5) is 31.5. The summed E-state index contributed by atoms with van der Waals surface area (Å²) in [6, 6.07) is 0. The van der Waals surface area contributed by atoms with Crippen molar-refractivity contribution in [3.8, 4) is 0 Å². The number of rotatable bonds is 3. The normalized spacial score (nSPS) is 23.0. The SMILES string of the molecule is COC(=O)C1=CC(OC(C)=O)C([N+](=O)[O-])O1. The number of carbonyl (C=O) groups excluding carboxylic acids is 2. The first-order chi connectivity index (χ1) is 7.45. The van der Waals surface area contributed by atoms with Crippen molar-refractivity contribution in [3.05, 3.63) is 21.9 Å². The quantitative estimate of drug-likeness (QED) is 0.370. The highest BCUT2D eigenvalue weighted by Gasteiger charge is 2.43. The lowest BCUT2D eigenvalue weighted by molar-refractivity contribution is -0.575. The van der Waals surface area contributed by atoms with Crippen LogP contribution in [-0.4, -0.2) is 36.3 Å². The van der Waals surface area contributed by atoms with E-state index in [0.717, 1.165) is 20.1 Å². The summed E-state index contributed by atoms with van der Waals surface area (Å²) < 4.78 is 13.6. The molecule has 0 aromatic carbocycles. The van der Waals surface area contributed by atoms with E-state index in [-0.39, 0.29) is 5.76 Å². The van der Waals surface area contributed by atoms with Crippen LogP contribution in [0.3, 0.4) is 0 Å². The largest absolute Gasteiger partial charge is 0.463 e. The Hall–Kier alpha value is -2.12. The standard InChI is InChI=1S/C8H9NO7/c1-4(10)15-5-3-6(8(11)14-2)16-7(5)9(12)13/h3,5,7H,1-2H3. The minimum Gasteiger partial charge on any atom is -0.463 e. The maximum Gasteiger partial charge on any atom is 0.395 e. The predicted octanol–water partition coefficient (Wildman–Crippen LogP) is -0.392. The van der Waals surface area contributed by atoms with Crippen LogP contribution in [0.4, 0.5) is 0 Å². The molecule has 1 aliphatic rings. The predicted molar refractivity (Wildman–Crippen MR) is 47.5 cm³/mol. The van der Waals surface area contributed by atoms with E-state index in [4.69, 9.17) is 4.74 Å². The van der Waals surface area contributed by atoms with Gasteiger partial charge in [-0.25, -0.2) is 4.79 Å². The number of methoxy groups -OCH3 is 1. The van der Waals surface area contributed by atoms with Gasteiger partial charge in [0, 0.05) is 13.0 Å². The molecule has 0 saturated carbocycles. The highest BCUT2D eigenvalue weighted by Crippen LogP contribution is 2.21. The lowest BCUT2D eigenvalue weighted by Gasteiger charge is -2.10. The summed E-state index contributed by atoms with van der Waals surface area (Å²) in [6.45, 7) is 1.10. The molecule has 1 heterocycles. The molecular formula is C8H9NO7. The maximum absolute atomic E-state index is 11.0. The van der Waals surface area contributed by atoms with Crippen LogP contribution < -0.4 is 0 Å². The maximum atomic E-state index is 11.0. The molecule has 0 amide bonds. The summed E-state index contributed by atoms with van der Waals surface area (Å²) in [5, 5.41) is 10.6. The van der Waals surface area contributed by atoms with Crippen LogP contribution in [0.1, 0.15) is 6.92 Å². The van der Waals surface area contributed by atoms with E-state index in [2.05, 4.69) is 9.47 Å². The molecule has 0 aliphatic carbocycles. The van der Waals surface area contributed by atoms with Crippen molar-refractivity contribution >= 4 is 11.9 Å². The van der Waals surface area contributed by atoms with Crippen molar-refractivity contribution in [2.45, 2.75) is 19.3 Å². The van der Waals surface area contributed by atoms with Crippen molar-refractivity contribution in [3.63, 3.8) is 0 Å². The fourth-order valence-corrected chi connectivity index (χ4v) is 1.13. The number of carbonyl (C=O) groups is 2. The van der Waals surface area contributed by atoms with Crippen LogP contribution in [0, 0.1) is 10.1 Å². The molecule has 88 valence electrons. The Labute approximate surface area is 89.9 Å². The van der Waals surface area contributed by atoms with Crippen LogP contribution >= 0.6 is 0 Å². The molecule has 8 heteroatoms. The van der Waals surface area contributed by atoms with Crippen molar-refractivity contribution in [2.24, 2.45) is 0 Å². The molecule has 0 bridgehead atoms. The summed E-state index contributed by atoms with van der Waals surface area (Å²) in [5.74, 6) is -1.90. The molecule has 0 spiro atoms. The number of nitro groups is 1. The van der Waals surface area contributed by atoms with Crippen molar-refractivity contribution in [1.82, 2.24) is 0 Å². The average molecular weight is 231 g/mol. The first-order valence-electron chi connectivity index (χ1n) is 4.23. The average Bonchev–Trinajstić information content (AvgIpc) is 2.59. The monoisotopic (exact) mass is 231 g/mol. The van der Waals surface area contributed by atoms with Crippen LogP contribution in [0.25, 0.3) is 0 Å². The van der Waals surface area contributed by atoms with Gasteiger partial charge in [-0.1, -0.05) is 0 Å². The Morgan fingerprint density at radius 1 is 1.56 bits per heavy atom. The van der Waals surface area contributed by atoms with E-state index in [0.29, 0.717) is 0 Å². The van der Waals surface area contributed by atoms with Crippen LogP contribution in [0.15, 0.2) is 11.8 Å². The summed E-state index contributed by atoms with van der Waals surface area (Å²) in [7, 11) is 1.10. The van der Waals surface area contributed by atoms with E-state index >= 15 is 0 Å². The molecule has 2 atom stereocenters.